The third-order valence-electron chi connectivity index (χ3n) is 3.19. The zero-order valence-electron chi connectivity index (χ0n) is 8.34. The predicted molar refractivity (Wildman–Crippen MR) is 54.5 cm³/mol. The van der Waals surface area contributed by atoms with Gasteiger partial charge in [-0.3, -0.25) is 0 Å². The van der Waals surface area contributed by atoms with Crippen molar-refractivity contribution in [1.82, 2.24) is 0 Å². The first kappa shape index (κ1) is 9.26. The summed E-state index contributed by atoms with van der Waals surface area (Å²) in [6.45, 7) is 0. The molecule has 2 rings (SSSR count). The van der Waals surface area contributed by atoms with Gasteiger partial charge in [-0.2, -0.15) is 0 Å². The normalized spacial score (nSPS) is 25.5. The molecule has 1 atom stereocenters. The van der Waals surface area contributed by atoms with Crippen molar-refractivity contribution < 1.29 is 5.11 Å². The van der Waals surface area contributed by atoms with Gasteiger partial charge in [0, 0.05) is 0 Å². The highest BCUT2D eigenvalue weighted by molar-refractivity contribution is 5.06. The summed E-state index contributed by atoms with van der Waals surface area (Å²) in [5, 5.41) is 9.77. The van der Waals surface area contributed by atoms with Gasteiger partial charge in [0.05, 0.1) is 6.10 Å². The Balaban J connectivity index is 1.71. The fraction of sp³-hybridized carbons (Fsp3) is 0.833. The lowest BCUT2D eigenvalue weighted by Crippen LogP contribution is -2.09. The van der Waals surface area contributed by atoms with Crippen LogP contribution in [0.1, 0.15) is 51.4 Å². The van der Waals surface area contributed by atoms with Crippen molar-refractivity contribution in [2.75, 3.05) is 0 Å². The number of hydrogen-bond acceptors (Lipinski definition) is 1. The Morgan fingerprint density at radius 2 is 2.23 bits per heavy atom. The van der Waals surface area contributed by atoms with Crippen LogP contribution in [0, 0.1) is 5.92 Å². The van der Waals surface area contributed by atoms with Gasteiger partial charge in [0.15, 0.2) is 0 Å². The molecular formula is C12H20O. The molecule has 0 aliphatic heterocycles. The van der Waals surface area contributed by atoms with Crippen LogP contribution in [0.2, 0.25) is 0 Å². The summed E-state index contributed by atoms with van der Waals surface area (Å²) >= 11 is 0. The van der Waals surface area contributed by atoms with E-state index in [1.165, 1.54) is 44.1 Å². The molecule has 0 bridgehead atoms. The van der Waals surface area contributed by atoms with Gasteiger partial charge in [-0.05, 0) is 44.4 Å². The van der Waals surface area contributed by atoms with Crippen LogP contribution in [0.25, 0.3) is 0 Å². The molecule has 0 saturated heterocycles. The largest absolute Gasteiger partial charge is 0.393 e. The predicted octanol–water partition coefficient (Wildman–Crippen LogP) is 3.04. The summed E-state index contributed by atoms with van der Waals surface area (Å²) in [6, 6.07) is 0. The van der Waals surface area contributed by atoms with Crippen molar-refractivity contribution in [3.05, 3.63) is 11.6 Å². The van der Waals surface area contributed by atoms with E-state index in [0.717, 1.165) is 18.8 Å². The van der Waals surface area contributed by atoms with Crippen LogP contribution in [-0.4, -0.2) is 11.2 Å². The van der Waals surface area contributed by atoms with E-state index in [0.29, 0.717) is 0 Å². The average Bonchev–Trinajstić information content (AvgIpc) is 2.90. The second kappa shape index (κ2) is 4.28. The highest BCUT2D eigenvalue weighted by Gasteiger charge is 2.24. The molecule has 1 fully saturated rings. The molecule has 1 N–H and O–H groups in total. The Morgan fingerprint density at radius 3 is 2.85 bits per heavy atom. The molecule has 1 nitrogen and oxygen atoms in total. The van der Waals surface area contributed by atoms with Crippen LogP contribution in [0.4, 0.5) is 0 Å². The van der Waals surface area contributed by atoms with Gasteiger partial charge >= 0.3 is 0 Å². The minimum absolute atomic E-state index is 0.0446. The molecule has 1 unspecified atom stereocenters. The van der Waals surface area contributed by atoms with E-state index in [-0.39, 0.29) is 6.10 Å². The quantitative estimate of drug-likeness (QED) is 0.659. The zero-order valence-corrected chi connectivity index (χ0v) is 8.34. The fourth-order valence-electron chi connectivity index (χ4n) is 2.21. The highest BCUT2D eigenvalue weighted by atomic mass is 16.3. The summed E-state index contributed by atoms with van der Waals surface area (Å²) in [6.07, 6.45) is 12.2. The van der Waals surface area contributed by atoms with Crippen LogP contribution in [0.5, 0.6) is 0 Å². The van der Waals surface area contributed by atoms with Crippen molar-refractivity contribution in [3.63, 3.8) is 0 Å². The molecule has 74 valence electrons. The van der Waals surface area contributed by atoms with Crippen molar-refractivity contribution in [3.8, 4) is 0 Å². The molecule has 0 radical (unpaired) electrons. The standard InChI is InChI=1S/C12H20O/c13-12(9-11-6-7-11)8-10-4-2-1-3-5-10/h4,11-13H,1-3,5-9H2. The Bertz CT molecular complexity index is 191. The van der Waals surface area contributed by atoms with Gasteiger partial charge in [-0.25, -0.2) is 0 Å². The van der Waals surface area contributed by atoms with Crippen molar-refractivity contribution >= 4 is 0 Å². The smallest absolute Gasteiger partial charge is 0.0580 e. The van der Waals surface area contributed by atoms with Gasteiger partial charge in [-0.1, -0.05) is 24.5 Å². The van der Waals surface area contributed by atoms with Crippen LogP contribution in [0.15, 0.2) is 11.6 Å². The van der Waals surface area contributed by atoms with Crippen molar-refractivity contribution in [2.45, 2.75) is 57.5 Å². The van der Waals surface area contributed by atoms with E-state index in [1.807, 2.05) is 0 Å². The first-order valence-corrected chi connectivity index (χ1v) is 5.70. The number of aliphatic hydroxyl groups is 1. The molecule has 1 heteroatoms. The summed E-state index contributed by atoms with van der Waals surface area (Å²) in [4.78, 5) is 0. The maximum absolute atomic E-state index is 9.77. The molecule has 0 aromatic carbocycles. The Morgan fingerprint density at radius 1 is 1.38 bits per heavy atom. The highest BCUT2D eigenvalue weighted by Crippen LogP contribution is 2.35. The van der Waals surface area contributed by atoms with Gasteiger partial charge in [0.2, 0.25) is 0 Å². The van der Waals surface area contributed by atoms with E-state index in [1.54, 1.807) is 0 Å². The first-order valence-electron chi connectivity index (χ1n) is 5.70. The topological polar surface area (TPSA) is 20.2 Å². The molecule has 13 heavy (non-hydrogen) atoms. The molecule has 0 spiro atoms. The summed E-state index contributed by atoms with van der Waals surface area (Å²) < 4.78 is 0. The molecular weight excluding hydrogens is 160 g/mol. The Labute approximate surface area is 80.8 Å². The SMILES string of the molecule is OC(CC1=CCCCC1)CC1CC1. The third-order valence-corrected chi connectivity index (χ3v) is 3.19. The molecule has 0 heterocycles. The summed E-state index contributed by atoms with van der Waals surface area (Å²) in [5.41, 5.74) is 1.51. The van der Waals surface area contributed by atoms with Gasteiger partial charge in [0.25, 0.3) is 0 Å². The molecule has 2 aliphatic carbocycles. The van der Waals surface area contributed by atoms with E-state index in [2.05, 4.69) is 6.08 Å². The lowest BCUT2D eigenvalue weighted by Gasteiger charge is -2.16. The van der Waals surface area contributed by atoms with Crippen molar-refractivity contribution in [2.24, 2.45) is 5.92 Å². The van der Waals surface area contributed by atoms with Gasteiger partial charge < -0.3 is 5.11 Å². The lowest BCUT2D eigenvalue weighted by atomic mass is 9.94. The Hall–Kier alpha value is -0.300. The maximum atomic E-state index is 9.77. The van der Waals surface area contributed by atoms with Crippen LogP contribution in [0.3, 0.4) is 0 Å². The number of rotatable bonds is 4. The summed E-state index contributed by atoms with van der Waals surface area (Å²) in [5.74, 6) is 0.860. The van der Waals surface area contributed by atoms with E-state index in [9.17, 15) is 5.11 Å². The van der Waals surface area contributed by atoms with Crippen molar-refractivity contribution in [1.29, 1.82) is 0 Å². The van der Waals surface area contributed by atoms with E-state index in [4.69, 9.17) is 0 Å². The Kier molecular flexibility index (Phi) is 3.05. The number of aliphatic hydroxyl groups excluding tert-OH is 1. The lowest BCUT2D eigenvalue weighted by molar-refractivity contribution is 0.156. The third kappa shape index (κ3) is 3.15. The average molecular weight is 180 g/mol. The van der Waals surface area contributed by atoms with Crippen LogP contribution >= 0.6 is 0 Å². The minimum Gasteiger partial charge on any atom is -0.393 e. The van der Waals surface area contributed by atoms with Gasteiger partial charge in [-0.15, -0.1) is 0 Å². The molecule has 2 aliphatic rings. The molecule has 0 aromatic heterocycles. The fourth-order valence-corrected chi connectivity index (χ4v) is 2.21. The molecule has 0 amide bonds. The zero-order chi connectivity index (χ0) is 9.10. The second-order valence-corrected chi connectivity index (χ2v) is 4.65. The van der Waals surface area contributed by atoms with E-state index < -0.39 is 0 Å². The molecule has 1 saturated carbocycles. The minimum atomic E-state index is -0.0446. The maximum Gasteiger partial charge on any atom is 0.0580 e. The number of hydrogen-bond donors (Lipinski definition) is 1. The second-order valence-electron chi connectivity index (χ2n) is 4.65. The van der Waals surface area contributed by atoms with Crippen LogP contribution < -0.4 is 0 Å². The monoisotopic (exact) mass is 180 g/mol. The van der Waals surface area contributed by atoms with Crippen LogP contribution in [-0.2, 0) is 0 Å². The first-order chi connectivity index (χ1) is 6.34. The van der Waals surface area contributed by atoms with Gasteiger partial charge in [0.1, 0.15) is 0 Å². The number of allylic oxidation sites excluding steroid dienone is 1. The van der Waals surface area contributed by atoms with E-state index >= 15 is 0 Å². The summed E-state index contributed by atoms with van der Waals surface area (Å²) in [7, 11) is 0. The molecule has 0 aromatic rings.